The summed E-state index contributed by atoms with van der Waals surface area (Å²) in [6.45, 7) is 17.3. The molecule has 3 fully saturated rings. The molecule has 4 amide bonds. The van der Waals surface area contributed by atoms with E-state index in [9.17, 15) is 14.4 Å². The molecule has 3 atom stereocenters. The first-order valence-corrected chi connectivity index (χ1v) is 23.0. The fourth-order valence-electron chi connectivity index (χ4n) is 9.87. The number of nitrogens with zero attached hydrogens (tertiary/aromatic N) is 9. The first-order chi connectivity index (χ1) is 31.8. The highest BCUT2D eigenvalue weighted by molar-refractivity contribution is 6.05. The average molecular weight is 893 g/mol. The highest BCUT2D eigenvalue weighted by Gasteiger charge is 2.34. The molecule has 0 bridgehead atoms. The molecular weight excluding hydrogens is 837 g/mol. The lowest BCUT2D eigenvalue weighted by Gasteiger charge is -2.43. The molecule has 2 unspecified atom stereocenters. The van der Waals surface area contributed by atoms with Crippen molar-refractivity contribution in [2.24, 2.45) is 5.92 Å². The Bertz CT molecular complexity index is 2790. The van der Waals surface area contributed by atoms with Gasteiger partial charge < -0.3 is 29.4 Å². The molecule has 4 aliphatic heterocycles. The number of carbonyl (C=O) groups excluding carboxylic acids is 3. The van der Waals surface area contributed by atoms with Gasteiger partial charge in [0, 0.05) is 103 Å². The smallest absolute Gasteiger partial charge is 0.328 e. The minimum Gasteiger partial charge on any atom is -0.375 e. The summed E-state index contributed by atoms with van der Waals surface area (Å²) in [5, 5.41) is 10.3. The van der Waals surface area contributed by atoms with Crippen LogP contribution in [0.25, 0.3) is 33.5 Å². The van der Waals surface area contributed by atoms with Gasteiger partial charge in [0.1, 0.15) is 17.8 Å². The zero-order valence-corrected chi connectivity index (χ0v) is 38.1. The topological polar surface area (TPSA) is 191 Å². The van der Waals surface area contributed by atoms with E-state index < -0.39 is 5.91 Å². The molecular formula is C49H56N12O5. The maximum atomic E-state index is 13.0. The quantitative estimate of drug-likeness (QED) is 0.142. The van der Waals surface area contributed by atoms with Gasteiger partial charge in [-0.15, -0.1) is 0 Å². The number of imide groups is 1. The van der Waals surface area contributed by atoms with Gasteiger partial charge in [-0.1, -0.05) is 38.1 Å². The van der Waals surface area contributed by atoms with Crippen molar-refractivity contribution >= 4 is 46.1 Å². The van der Waals surface area contributed by atoms with Crippen LogP contribution in [0.5, 0.6) is 0 Å². The maximum Gasteiger partial charge on any atom is 0.328 e. The van der Waals surface area contributed by atoms with Crippen LogP contribution in [-0.2, 0) is 21.6 Å². The molecule has 4 aromatic heterocycles. The SMILES string of the molecule is Cc1cc(-c2ncnc3[nH]c(-c4ccc(N5CCN(CC6CCN7c8ccc(N9CCC(=O)NC9=O)cc8COCC7C6)CC5)nc4)cc23)ccc1[C@@H](C)NC(=O)c1nc(C(C)(C)C)no1. The summed E-state index contributed by atoms with van der Waals surface area (Å²) in [7, 11) is 0. The number of hydrogen-bond donors (Lipinski definition) is 3. The minimum atomic E-state index is -0.413. The van der Waals surface area contributed by atoms with E-state index >= 15 is 0 Å². The van der Waals surface area contributed by atoms with Crippen molar-refractivity contribution in [3.63, 3.8) is 0 Å². The predicted molar refractivity (Wildman–Crippen MR) is 250 cm³/mol. The number of rotatable bonds is 9. The third-order valence-corrected chi connectivity index (χ3v) is 13.5. The van der Waals surface area contributed by atoms with Gasteiger partial charge in [-0.05, 0) is 86.2 Å². The Morgan fingerprint density at radius 1 is 0.955 bits per heavy atom. The molecule has 2 aromatic carbocycles. The minimum absolute atomic E-state index is 0.0514. The fourth-order valence-corrected chi connectivity index (χ4v) is 9.87. The zero-order chi connectivity index (χ0) is 45.7. The Morgan fingerprint density at radius 2 is 1.79 bits per heavy atom. The van der Waals surface area contributed by atoms with Crippen molar-refractivity contribution < 1.29 is 23.6 Å². The van der Waals surface area contributed by atoms with E-state index in [0.717, 1.165) is 114 Å². The number of urea groups is 1. The first-order valence-electron chi connectivity index (χ1n) is 23.0. The highest BCUT2D eigenvalue weighted by atomic mass is 16.5. The Labute approximate surface area is 383 Å². The van der Waals surface area contributed by atoms with Crippen molar-refractivity contribution in [1.29, 1.82) is 0 Å². The van der Waals surface area contributed by atoms with E-state index in [1.807, 2.05) is 65.1 Å². The third-order valence-electron chi connectivity index (χ3n) is 13.5. The Kier molecular flexibility index (Phi) is 11.5. The molecule has 4 aliphatic rings. The van der Waals surface area contributed by atoms with Gasteiger partial charge >= 0.3 is 17.8 Å². The number of aromatic nitrogens is 6. The van der Waals surface area contributed by atoms with Gasteiger partial charge in [0.05, 0.1) is 31.0 Å². The van der Waals surface area contributed by atoms with Gasteiger partial charge in [-0.2, -0.15) is 4.98 Å². The number of amides is 4. The molecule has 66 heavy (non-hydrogen) atoms. The number of aromatic amines is 1. The average Bonchev–Trinajstić information content (AvgIpc) is 3.95. The molecule has 3 saturated heterocycles. The molecule has 0 aliphatic carbocycles. The lowest BCUT2D eigenvalue weighted by molar-refractivity contribution is -0.120. The largest absolute Gasteiger partial charge is 0.375 e. The second-order valence-electron chi connectivity index (χ2n) is 19.1. The van der Waals surface area contributed by atoms with Gasteiger partial charge in [0.15, 0.2) is 5.82 Å². The lowest BCUT2D eigenvalue weighted by Crippen LogP contribution is -2.51. The van der Waals surface area contributed by atoms with E-state index in [-0.39, 0.29) is 29.3 Å². The fraction of sp³-hybridized carbons (Fsp3) is 0.429. The van der Waals surface area contributed by atoms with Crippen LogP contribution in [0.3, 0.4) is 0 Å². The van der Waals surface area contributed by atoms with Crippen LogP contribution in [0.2, 0.25) is 0 Å². The Hall–Kier alpha value is -6.72. The second kappa shape index (κ2) is 17.6. The summed E-state index contributed by atoms with van der Waals surface area (Å²) in [6, 6.07) is 18.3. The van der Waals surface area contributed by atoms with Crippen LogP contribution >= 0.6 is 0 Å². The molecule has 342 valence electrons. The van der Waals surface area contributed by atoms with Gasteiger partial charge in [0.2, 0.25) is 5.91 Å². The van der Waals surface area contributed by atoms with Crippen molar-refractivity contribution in [1.82, 2.24) is 45.6 Å². The van der Waals surface area contributed by atoms with Crippen molar-refractivity contribution in [2.45, 2.75) is 78.0 Å². The standard InChI is InChI=1S/C49H56N12O5/c1-29-20-32(6-9-37(29)30(2)53-45(63)46-56-47(57-66-46)49(3,4)5)43-38-23-39(54-44(38)52-28-51-43)33-7-11-41(50-24-33)59-18-16-58(17-19-59)25-31-12-14-60-36(21-31)27-65-26-34-22-35(8-10-40(34)60)61-15-13-42(62)55-48(61)64/h6-11,20,22-24,28,30-31,36H,12-19,21,25-27H2,1-5H3,(H,53,63)(H,51,52,54)(H,55,62,64)/t30-,31?,36?/m1/s1. The summed E-state index contributed by atoms with van der Waals surface area (Å²) >= 11 is 0. The molecule has 0 saturated carbocycles. The molecule has 3 N–H and O–H groups in total. The summed E-state index contributed by atoms with van der Waals surface area (Å²) in [5.74, 6) is 1.36. The molecule has 6 aromatic rings. The number of pyridine rings is 1. The van der Waals surface area contributed by atoms with E-state index in [1.54, 1.807) is 11.2 Å². The molecule has 0 radical (unpaired) electrons. The molecule has 8 heterocycles. The number of benzene rings is 2. The number of carbonyl (C=O) groups is 3. The summed E-state index contributed by atoms with van der Waals surface area (Å²) < 4.78 is 11.5. The number of piperazine rings is 1. The van der Waals surface area contributed by atoms with E-state index in [4.69, 9.17) is 19.2 Å². The molecule has 10 rings (SSSR count). The number of anilines is 3. The number of piperidine rings is 1. The maximum absolute atomic E-state index is 13.0. The number of nitrogens with one attached hydrogen (secondary N) is 3. The molecule has 0 spiro atoms. The van der Waals surface area contributed by atoms with Gasteiger partial charge in [0.25, 0.3) is 0 Å². The highest BCUT2D eigenvalue weighted by Crippen LogP contribution is 2.37. The van der Waals surface area contributed by atoms with Crippen molar-refractivity contribution in [3.8, 4) is 22.5 Å². The number of aryl methyl sites for hydroxylation is 1. The summed E-state index contributed by atoms with van der Waals surface area (Å²) in [5.41, 5.74) is 9.12. The zero-order valence-electron chi connectivity index (χ0n) is 38.1. The predicted octanol–water partition coefficient (Wildman–Crippen LogP) is 6.55. The third kappa shape index (κ3) is 8.72. The van der Waals surface area contributed by atoms with Crippen molar-refractivity contribution in [3.05, 3.63) is 95.5 Å². The monoisotopic (exact) mass is 892 g/mol. The molecule has 17 heteroatoms. The number of ether oxygens (including phenoxy) is 1. The first kappa shape index (κ1) is 43.2. The van der Waals surface area contributed by atoms with Crippen LogP contribution in [-0.4, -0.2) is 111 Å². The Morgan fingerprint density at radius 3 is 2.55 bits per heavy atom. The number of H-pyrrole nitrogens is 1. The summed E-state index contributed by atoms with van der Waals surface area (Å²) in [4.78, 5) is 68.2. The summed E-state index contributed by atoms with van der Waals surface area (Å²) in [6.07, 6.45) is 6.01. The number of hydrogen-bond acceptors (Lipinski definition) is 13. The van der Waals surface area contributed by atoms with Crippen LogP contribution in [0, 0.1) is 12.8 Å². The van der Waals surface area contributed by atoms with Crippen LogP contribution < -0.4 is 25.3 Å². The molecule has 17 nitrogen and oxygen atoms in total. The van der Waals surface area contributed by atoms with Crippen molar-refractivity contribution in [2.75, 3.05) is 67.1 Å². The second-order valence-corrected chi connectivity index (χ2v) is 19.1. The van der Waals surface area contributed by atoms with Crippen LogP contribution in [0.1, 0.15) is 86.2 Å². The van der Waals surface area contributed by atoms with Gasteiger partial charge in [-0.3, -0.25) is 24.7 Å². The Balaban J connectivity index is 0.735. The van der Waals surface area contributed by atoms with E-state index in [1.165, 1.54) is 5.69 Å². The van der Waals surface area contributed by atoms with E-state index in [0.29, 0.717) is 44.0 Å². The van der Waals surface area contributed by atoms with Crippen LogP contribution in [0.4, 0.5) is 22.0 Å². The van der Waals surface area contributed by atoms with Gasteiger partial charge in [-0.25, -0.2) is 19.7 Å². The lowest BCUT2D eigenvalue weighted by atomic mass is 9.89. The van der Waals surface area contributed by atoms with Crippen LogP contribution in [0.15, 0.2) is 71.6 Å². The normalized spacial score (nSPS) is 19.9. The van der Waals surface area contributed by atoms with E-state index in [2.05, 4.69) is 75.8 Å². The number of fused-ring (bicyclic) bond motifs is 4.